The summed E-state index contributed by atoms with van der Waals surface area (Å²) in [4.78, 5) is 18.9. The van der Waals surface area contributed by atoms with Crippen LogP contribution in [0.2, 0.25) is 0 Å². The normalized spacial score (nSPS) is 12.3. The predicted octanol–water partition coefficient (Wildman–Crippen LogP) is 5.41. The molecule has 156 valence electrons. The second-order valence-electron chi connectivity index (χ2n) is 7.14. The number of nitrogens with one attached hydrogen (secondary N) is 1. The fourth-order valence-corrected chi connectivity index (χ4v) is 5.49. The van der Waals surface area contributed by atoms with Crippen LogP contribution in [0.1, 0.15) is 10.4 Å². The number of rotatable bonds is 6. The average molecular weight is 449 g/mol. The zero-order chi connectivity index (χ0) is 21.2. The number of aromatic amines is 1. The van der Waals surface area contributed by atoms with E-state index in [1.54, 1.807) is 11.8 Å². The molecule has 5 nitrogen and oxygen atoms in total. The van der Waals surface area contributed by atoms with E-state index in [2.05, 4.69) is 58.4 Å². The minimum Gasteiger partial charge on any atom is -0.494 e. The van der Waals surface area contributed by atoms with Crippen LogP contribution in [-0.2, 0) is 6.42 Å². The third kappa shape index (κ3) is 4.19. The van der Waals surface area contributed by atoms with E-state index in [-0.39, 0.29) is 10.8 Å². The zero-order valence-electron chi connectivity index (χ0n) is 16.6. The first kappa shape index (κ1) is 19.8. The summed E-state index contributed by atoms with van der Waals surface area (Å²) in [6.45, 7) is 1.29. The van der Waals surface area contributed by atoms with E-state index in [0.29, 0.717) is 17.9 Å². The second-order valence-corrected chi connectivity index (χ2v) is 9.30. The average Bonchev–Trinajstić information content (AvgIpc) is 3.11. The Labute approximate surface area is 188 Å². The van der Waals surface area contributed by atoms with E-state index in [1.165, 1.54) is 21.2 Å². The Morgan fingerprint density at radius 1 is 0.903 bits per heavy atom. The van der Waals surface area contributed by atoms with E-state index in [1.807, 2.05) is 24.3 Å². The molecule has 1 aliphatic rings. The molecule has 0 spiro atoms. The Hall–Kier alpha value is -3.16. The molecule has 1 aromatic heterocycles. The maximum atomic E-state index is 11.3. The highest BCUT2D eigenvalue weighted by atomic mass is 32.2. The van der Waals surface area contributed by atoms with Crippen molar-refractivity contribution in [3.63, 3.8) is 0 Å². The molecule has 0 saturated heterocycles. The largest absolute Gasteiger partial charge is 0.494 e. The van der Waals surface area contributed by atoms with Gasteiger partial charge in [0.25, 0.3) is 0 Å². The summed E-state index contributed by atoms with van der Waals surface area (Å²) in [5.74, 6) is 0.749. The number of thiazole rings is 1. The summed E-state index contributed by atoms with van der Waals surface area (Å²) in [5, 5.41) is 9.75. The van der Waals surface area contributed by atoms with Crippen LogP contribution < -0.4 is 14.5 Å². The molecule has 1 aliphatic heterocycles. The van der Waals surface area contributed by atoms with E-state index < -0.39 is 0 Å². The van der Waals surface area contributed by atoms with Crippen LogP contribution in [-0.4, -0.2) is 23.2 Å². The summed E-state index contributed by atoms with van der Waals surface area (Å²) in [6.07, 6.45) is 0.508. The van der Waals surface area contributed by atoms with Gasteiger partial charge in [-0.1, -0.05) is 59.5 Å². The Morgan fingerprint density at radius 2 is 1.55 bits per heavy atom. The minimum absolute atomic E-state index is 0.0458. The van der Waals surface area contributed by atoms with Gasteiger partial charge < -0.3 is 14.7 Å². The van der Waals surface area contributed by atoms with Gasteiger partial charge in [-0.2, -0.15) is 0 Å². The van der Waals surface area contributed by atoms with Crippen LogP contribution >= 0.6 is 23.1 Å². The van der Waals surface area contributed by atoms with Crippen molar-refractivity contribution >= 4 is 34.5 Å². The highest BCUT2D eigenvalue weighted by molar-refractivity contribution is 7.99. The van der Waals surface area contributed by atoms with Crippen LogP contribution in [0.4, 0.5) is 11.4 Å². The monoisotopic (exact) mass is 448 g/mol. The van der Waals surface area contributed by atoms with Gasteiger partial charge in [-0.3, -0.25) is 9.78 Å². The number of H-pyrrole nitrogens is 1. The standard InChI is InChI=1S/C24H20N2O3S2/c27-23-22(31-24(28)25-23)15-16-9-11-17(12-10-16)29-14-13-26-18-5-1-3-7-20(18)30-21-8-4-2-6-19(21)26/h1-12,27H,13-15H2,(H,25,28). The molecule has 0 amide bonds. The number of nitrogens with zero attached hydrogens (tertiary/aromatic N) is 1. The van der Waals surface area contributed by atoms with Crippen molar-refractivity contribution in [2.75, 3.05) is 18.1 Å². The van der Waals surface area contributed by atoms with Crippen molar-refractivity contribution in [1.82, 2.24) is 4.98 Å². The third-order valence-corrected chi connectivity index (χ3v) is 7.11. The predicted molar refractivity (Wildman–Crippen MR) is 125 cm³/mol. The number of fused-ring (bicyclic) bond motifs is 2. The summed E-state index contributed by atoms with van der Waals surface area (Å²) in [7, 11) is 0. The van der Waals surface area contributed by atoms with Gasteiger partial charge in [0.15, 0.2) is 0 Å². The van der Waals surface area contributed by atoms with Gasteiger partial charge in [0, 0.05) is 16.2 Å². The molecular weight excluding hydrogens is 428 g/mol. The third-order valence-electron chi connectivity index (χ3n) is 5.10. The first-order valence-electron chi connectivity index (χ1n) is 9.93. The molecule has 0 radical (unpaired) electrons. The highest BCUT2D eigenvalue weighted by Crippen LogP contribution is 2.47. The lowest BCUT2D eigenvalue weighted by Crippen LogP contribution is -2.26. The molecule has 0 bridgehead atoms. The molecule has 0 aliphatic carbocycles. The van der Waals surface area contributed by atoms with Gasteiger partial charge in [-0.05, 0) is 42.0 Å². The maximum absolute atomic E-state index is 11.3. The van der Waals surface area contributed by atoms with E-state index in [4.69, 9.17) is 4.74 Å². The molecular formula is C24H20N2O3S2. The number of hydrogen-bond donors (Lipinski definition) is 2. The van der Waals surface area contributed by atoms with E-state index in [9.17, 15) is 9.90 Å². The van der Waals surface area contributed by atoms with Gasteiger partial charge >= 0.3 is 4.87 Å². The molecule has 0 saturated carbocycles. The number of benzene rings is 3. The summed E-state index contributed by atoms with van der Waals surface area (Å²) < 4.78 is 6.02. The SMILES string of the molecule is O=c1[nH]c(O)c(Cc2ccc(OCCN3c4ccccc4Sc4ccccc43)cc2)s1. The highest BCUT2D eigenvalue weighted by Gasteiger charge is 2.22. The number of para-hydroxylation sites is 2. The Morgan fingerprint density at radius 3 is 2.16 bits per heavy atom. The molecule has 5 rings (SSSR count). The Kier molecular flexibility index (Phi) is 5.44. The Bertz CT molecular complexity index is 1220. The van der Waals surface area contributed by atoms with Gasteiger partial charge in [-0.15, -0.1) is 0 Å². The zero-order valence-corrected chi connectivity index (χ0v) is 18.2. The number of anilines is 2. The van der Waals surface area contributed by atoms with Crippen molar-refractivity contribution in [3.05, 3.63) is 92.9 Å². The Balaban J connectivity index is 1.25. The molecule has 0 atom stereocenters. The molecule has 4 aromatic rings. The molecule has 2 heterocycles. The van der Waals surface area contributed by atoms with Crippen LogP contribution in [0.15, 0.2) is 87.4 Å². The molecule has 3 aromatic carbocycles. The van der Waals surface area contributed by atoms with Crippen molar-refractivity contribution in [1.29, 1.82) is 0 Å². The lowest BCUT2D eigenvalue weighted by Gasteiger charge is -2.32. The van der Waals surface area contributed by atoms with Crippen LogP contribution in [0.3, 0.4) is 0 Å². The smallest absolute Gasteiger partial charge is 0.307 e. The van der Waals surface area contributed by atoms with Crippen molar-refractivity contribution < 1.29 is 9.84 Å². The minimum atomic E-state index is -0.244. The van der Waals surface area contributed by atoms with Crippen molar-refractivity contribution in [2.24, 2.45) is 0 Å². The lowest BCUT2D eigenvalue weighted by atomic mass is 10.1. The van der Waals surface area contributed by atoms with Gasteiger partial charge in [0.2, 0.25) is 5.88 Å². The summed E-state index contributed by atoms with van der Waals surface area (Å²) >= 11 is 2.83. The van der Waals surface area contributed by atoms with Gasteiger partial charge in [0.05, 0.1) is 22.8 Å². The molecule has 0 fully saturated rings. The van der Waals surface area contributed by atoms with Crippen LogP contribution in [0, 0.1) is 0 Å². The molecule has 2 N–H and O–H groups in total. The first-order chi connectivity index (χ1) is 15.2. The first-order valence-corrected chi connectivity index (χ1v) is 11.6. The number of ether oxygens (including phenoxy) is 1. The van der Waals surface area contributed by atoms with Crippen LogP contribution in [0.25, 0.3) is 0 Å². The lowest BCUT2D eigenvalue weighted by molar-refractivity contribution is 0.327. The fourth-order valence-electron chi connectivity index (χ4n) is 3.64. The molecule has 7 heteroatoms. The quantitative estimate of drug-likeness (QED) is 0.413. The molecule has 0 unspecified atom stereocenters. The fraction of sp³-hybridized carbons (Fsp3) is 0.125. The van der Waals surface area contributed by atoms with Crippen molar-refractivity contribution in [2.45, 2.75) is 16.2 Å². The van der Waals surface area contributed by atoms with Gasteiger partial charge in [-0.25, -0.2) is 0 Å². The number of hydrogen-bond acceptors (Lipinski definition) is 6. The number of aromatic nitrogens is 1. The van der Waals surface area contributed by atoms with Crippen molar-refractivity contribution in [3.8, 4) is 11.6 Å². The van der Waals surface area contributed by atoms with Gasteiger partial charge in [0.1, 0.15) is 12.4 Å². The van der Waals surface area contributed by atoms with E-state index >= 15 is 0 Å². The molecule has 31 heavy (non-hydrogen) atoms. The maximum Gasteiger partial charge on any atom is 0.307 e. The topological polar surface area (TPSA) is 65.6 Å². The van der Waals surface area contributed by atoms with Crippen LogP contribution in [0.5, 0.6) is 11.6 Å². The summed E-state index contributed by atoms with van der Waals surface area (Å²) in [5.41, 5.74) is 3.42. The second kappa shape index (κ2) is 8.53. The van der Waals surface area contributed by atoms with E-state index in [0.717, 1.165) is 29.2 Å². The number of aromatic hydroxyl groups is 1. The summed E-state index contributed by atoms with van der Waals surface area (Å²) in [6, 6.07) is 24.7.